The molecule has 3 aromatic rings. The van der Waals surface area contributed by atoms with Gasteiger partial charge in [0.05, 0.1) is 34.4 Å². The van der Waals surface area contributed by atoms with E-state index in [0.717, 1.165) is 4.70 Å². The highest BCUT2D eigenvalue weighted by atomic mass is 35.5. The number of sulfone groups is 1. The van der Waals surface area contributed by atoms with Gasteiger partial charge in [0.2, 0.25) is 12.7 Å². The van der Waals surface area contributed by atoms with Gasteiger partial charge in [0.25, 0.3) is 0 Å². The number of aromatic nitrogens is 1. The lowest BCUT2D eigenvalue weighted by Gasteiger charge is -2.05. The van der Waals surface area contributed by atoms with E-state index in [1.54, 1.807) is 16.7 Å². The van der Waals surface area contributed by atoms with E-state index in [-0.39, 0.29) is 36.8 Å². The van der Waals surface area contributed by atoms with Crippen LogP contribution in [0.25, 0.3) is 10.2 Å². The molecule has 0 aliphatic carbocycles. The summed E-state index contributed by atoms with van der Waals surface area (Å²) in [5.74, 6) is -0.255. The van der Waals surface area contributed by atoms with Crippen molar-refractivity contribution in [1.82, 2.24) is 4.57 Å². The first-order valence-corrected chi connectivity index (χ1v) is 12.7. The molecule has 33 heavy (non-hydrogen) atoms. The van der Waals surface area contributed by atoms with E-state index in [1.807, 2.05) is 0 Å². The van der Waals surface area contributed by atoms with Crippen LogP contribution in [-0.4, -0.2) is 44.5 Å². The number of halogens is 1. The second-order valence-corrected chi connectivity index (χ2v) is 10.6. The van der Waals surface area contributed by atoms with Crippen LogP contribution in [0.4, 0.5) is 0 Å². The number of hydrogen-bond donors (Lipinski definition) is 0. The summed E-state index contributed by atoms with van der Waals surface area (Å²) in [7, 11) is -2.37. The topological polar surface area (TPSA) is 113 Å². The minimum absolute atomic E-state index is 0.0725. The molecule has 1 aliphatic heterocycles. The van der Waals surface area contributed by atoms with E-state index in [9.17, 15) is 18.0 Å². The molecule has 0 saturated carbocycles. The standard InChI is InChI=1S/C21H19ClN2O7S2/c1-29-20(26)6-8-24-15-10-16-17(31-12-30-16)11-18(15)32-21(24)23-19(25)7-9-33(27,28)14-4-2-13(22)3-5-14/h2-5,10-11H,6-9,12H2,1H3. The number of esters is 1. The van der Waals surface area contributed by atoms with Crippen LogP contribution in [0.15, 0.2) is 46.3 Å². The lowest BCUT2D eigenvalue weighted by molar-refractivity contribution is -0.140. The van der Waals surface area contributed by atoms with Gasteiger partial charge >= 0.3 is 5.97 Å². The van der Waals surface area contributed by atoms with Gasteiger partial charge in [0, 0.05) is 30.1 Å². The normalized spacial score (nSPS) is 13.5. The Labute approximate surface area is 198 Å². The largest absolute Gasteiger partial charge is 0.469 e. The summed E-state index contributed by atoms with van der Waals surface area (Å²) in [5.41, 5.74) is 0.716. The lowest BCUT2D eigenvalue weighted by Crippen LogP contribution is -2.20. The molecule has 0 atom stereocenters. The van der Waals surface area contributed by atoms with Crippen molar-refractivity contribution in [2.75, 3.05) is 19.7 Å². The van der Waals surface area contributed by atoms with Crippen molar-refractivity contribution in [3.05, 3.63) is 46.2 Å². The van der Waals surface area contributed by atoms with Crippen molar-refractivity contribution in [2.24, 2.45) is 4.99 Å². The summed E-state index contributed by atoms with van der Waals surface area (Å²) < 4.78 is 43.1. The average Bonchev–Trinajstić information content (AvgIpc) is 3.38. The molecule has 0 bridgehead atoms. The van der Waals surface area contributed by atoms with Crippen LogP contribution in [0.3, 0.4) is 0 Å². The molecule has 12 heteroatoms. The first-order chi connectivity index (χ1) is 15.8. The number of hydrogen-bond acceptors (Lipinski definition) is 8. The number of carbonyl (C=O) groups is 2. The number of benzene rings is 2. The molecule has 0 fully saturated rings. The van der Waals surface area contributed by atoms with Crippen LogP contribution in [-0.2, 0) is 30.7 Å². The van der Waals surface area contributed by atoms with Crippen LogP contribution in [0.2, 0.25) is 5.02 Å². The fourth-order valence-corrected chi connectivity index (χ4v) is 5.65. The molecule has 0 spiro atoms. The van der Waals surface area contributed by atoms with Crippen molar-refractivity contribution in [1.29, 1.82) is 0 Å². The van der Waals surface area contributed by atoms with E-state index in [4.69, 9.17) is 25.8 Å². The molecule has 174 valence electrons. The summed E-state index contributed by atoms with van der Waals surface area (Å²) in [6.45, 7) is 0.341. The number of aryl methyl sites for hydroxylation is 1. The third-order valence-electron chi connectivity index (χ3n) is 4.92. The number of nitrogens with zero attached hydrogens (tertiary/aromatic N) is 2. The van der Waals surface area contributed by atoms with Crippen molar-refractivity contribution in [2.45, 2.75) is 24.3 Å². The number of rotatable bonds is 7. The molecule has 1 aliphatic rings. The van der Waals surface area contributed by atoms with Gasteiger partial charge in [-0.1, -0.05) is 22.9 Å². The Balaban J connectivity index is 1.61. The predicted molar refractivity (Wildman–Crippen MR) is 121 cm³/mol. The molecule has 0 saturated heterocycles. The Kier molecular flexibility index (Phi) is 6.73. The fraction of sp³-hybridized carbons (Fsp3) is 0.286. The monoisotopic (exact) mass is 510 g/mol. The lowest BCUT2D eigenvalue weighted by atomic mass is 10.3. The van der Waals surface area contributed by atoms with Gasteiger partial charge in [-0.05, 0) is 24.3 Å². The molecule has 0 radical (unpaired) electrons. The van der Waals surface area contributed by atoms with E-state index < -0.39 is 21.7 Å². The zero-order chi connectivity index (χ0) is 23.6. The number of thiazole rings is 1. The third kappa shape index (κ3) is 5.21. The minimum atomic E-state index is -3.67. The fourth-order valence-electron chi connectivity index (χ4n) is 3.21. The Morgan fingerprint density at radius 1 is 1.15 bits per heavy atom. The molecule has 9 nitrogen and oxygen atoms in total. The average molecular weight is 511 g/mol. The number of ether oxygens (including phenoxy) is 3. The number of methoxy groups -OCH3 is 1. The number of amides is 1. The molecule has 4 rings (SSSR count). The highest BCUT2D eigenvalue weighted by Gasteiger charge is 2.20. The van der Waals surface area contributed by atoms with Crippen molar-refractivity contribution in [3.63, 3.8) is 0 Å². The zero-order valence-corrected chi connectivity index (χ0v) is 19.8. The number of carbonyl (C=O) groups excluding carboxylic acids is 2. The van der Waals surface area contributed by atoms with Crippen LogP contribution in [0, 0.1) is 0 Å². The summed E-state index contributed by atoms with van der Waals surface area (Å²) in [6.07, 6.45) is -0.220. The summed E-state index contributed by atoms with van der Waals surface area (Å²) in [5, 5.41) is 0.420. The van der Waals surface area contributed by atoms with Crippen LogP contribution >= 0.6 is 22.9 Å². The summed E-state index contributed by atoms with van der Waals surface area (Å²) >= 11 is 7.04. The predicted octanol–water partition coefficient (Wildman–Crippen LogP) is 2.94. The Bertz CT molecular complexity index is 1390. The molecule has 2 aromatic carbocycles. The smallest absolute Gasteiger partial charge is 0.307 e. The van der Waals surface area contributed by atoms with Gasteiger partial charge in [-0.3, -0.25) is 9.59 Å². The number of fused-ring (bicyclic) bond motifs is 2. The summed E-state index contributed by atoms with van der Waals surface area (Å²) in [6, 6.07) is 9.30. The zero-order valence-electron chi connectivity index (χ0n) is 17.4. The van der Waals surface area contributed by atoms with Gasteiger partial charge in [-0.15, -0.1) is 0 Å². The Morgan fingerprint density at radius 2 is 1.85 bits per heavy atom. The quantitative estimate of drug-likeness (QED) is 0.449. The van der Waals surface area contributed by atoms with Crippen molar-refractivity contribution in [3.8, 4) is 11.5 Å². The van der Waals surface area contributed by atoms with Crippen LogP contribution < -0.4 is 14.3 Å². The maximum absolute atomic E-state index is 12.6. The first kappa shape index (κ1) is 23.3. The van der Waals surface area contributed by atoms with Gasteiger partial charge in [-0.25, -0.2) is 8.42 Å². The van der Waals surface area contributed by atoms with E-state index in [0.29, 0.717) is 26.8 Å². The Hall–Kier alpha value is -2.89. The molecule has 1 aromatic heterocycles. The van der Waals surface area contributed by atoms with E-state index in [2.05, 4.69) is 4.99 Å². The summed E-state index contributed by atoms with van der Waals surface area (Å²) in [4.78, 5) is 28.8. The van der Waals surface area contributed by atoms with Crippen LogP contribution in [0.5, 0.6) is 11.5 Å². The molecule has 2 heterocycles. The first-order valence-electron chi connectivity index (χ1n) is 9.82. The van der Waals surface area contributed by atoms with Gasteiger partial charge in [0.1, 0.15) is 0 Å². The highest BCUT2D eigenvalue weighted by molar-refractivity contribution is 7.91. The van der Waals surface area contributed by atoms with Gasteiger partial charge in [0.15, 0.2) is 26.1 Å². The third-order valence-corrected chi connectivity index (χ3v) is 7.95. The maximum atomic E-state index is 12.6. The maximum Gasteiger partial charge on any atom is 0.307 e. The van der Waals surface area contributed by atoms with Gasteiger partial charge < -0.3 is 18.8 Å². The molecular weight excluding hydrogens is 492 g/mol. The van der Waals surface area contributed by atoms with E-state index >= 15 is 0 Å². The van der Waals surface area contributed by atoms with Crippen LogP contribution in [0.1, 0.15) is 12.8 Å². The SMILES string of the molecule is COC(=O)CCn1c(=NC(=O)CCS(=O)(=O)c2ccc(Cl)cc2)sc2cc3c(cc21)OCO3. The Morgan fingerprint density at radius 3 is 2.55 bits per heavy atom. The second-order valence-electron chi connectivity index (χ2n) is 7.06. The minimum Gasteiger partial charge on any atom is -0.469 e. The molecule has 0 N–H and O–H groups in total. The second kappa shape index (κ2) is 9.54. The molecular formula is C21H19ClN2O7S2. The van der Waals surface area contributed by atoms with E-state index in [1.165, 1.54) is 42.7 Å². The van der Waals surface area contributed by atoms with Crippen molar-refractivity contribution < 1.29 is 32.2 Å². The highest BCUT2D eigenvalue weighted by Crippen LogP contribution is 2.37. The van der Waals surface area contributed by atoms with Crippen molar-refractivity contribution >= 4 is 54.9 Å². The molecule has 1 amide bonds. The molecule has 0 unspecified atom stereocenters. The van der Waals surface area contributed by atoms with Gasteiger partial charge in [-0.2, -0.15) is 4.99 Å².